The first-order valence-electron chi connectivity index (χ1n) is 6.59. The molecule has 0 aromatic heterocycles. The molecule has 0 aromatic carbocycles. The molecule has 1 fully saturated rings. The van der Waals surface area contributed by atoms with Gasteiger partial charge in [0.2, 0.25) is 5.91 Å². The fraction of sp³-hybridized carbons (Fsp3) is 0.917. The van der Waals surface area contributed by atoms with Crippen molar-refractivity contribution in [2.45, 2.75) is 44.3 Å². The van der Waals surface area contributed by atoms with Crippen LogP contribution in [0, 0.1) is 0 Å². The molecular weight excluding hydrogens is 274 g/mol. The van der Waals surface area contributed by atoms with Crippen LogP contribution in [-0.2, 0) is 14.6 Å². The standard InChI is InChI=1S/C12H22ClNO3S/c1-2-3-8-14(9-7-13)12(15)11-6-4-5-10-18(11,16)17/h11H,2-10H2,1H3. The number of rotatable bonds is 6. The molecule has 0 bridgehead atoms. The third kappa shape index (κ3) is 4.12. The fourth-order valence-corrected chi connectivity index (χ4v) is 4.30. The predicted molar refractivity (Wildman–Crippen MR) is 73.6 cm³/mol. The summed E-state index contributed by atoms with van der Waals surface area (Å²) in [5, 5.41) is -0.827. The summed E-state index contributed by atoms with van der Waals surface area (Å²) < 4.78 is 23.9. The van der Waals surface area contributed by atoms with Crippen molar-refractivity contribution in [3.05, 3.63) is 0 Å². The molecule has 0 radical (unpaired) electrons. The van der Waals surface area contributed by atoms with Crippen molar-refractivity contribution < 1.29 is 13.2 Å². The summed E-state index contributed by atoms with van der Waals surface area (Å²) in [6.07, 6.45) is 3.82. The number of carbonyl (C=O) groups is 1. The van der Waals surface area contributed by atoms with E-state index in [1.165, 1.54) is 0 Å². The predicted octanol–water partition coefficient (Wildman–Crippen LogP) is 1.82. The summed E-state index contributed by atoms with van der Waals surface area (Å²) in [7, 11) is -3.25. The molecule has 6 heteroatoms. The van der Waals surface area contributed by atoms with Gasteiger partial charge in [-0.05, 0) is 19.3 Å². The minimum Gasteiger partial charge on any atom is -0.340 e. The van der Waals surface area contributed by atoms with Crippen LogP contribution in [0.15, 0.2) is 0 Å². The van der Waals surface area contributed by atoms with Gasteiger partial charge in [0.25, 0.3) is 0 Å². The molecule has 1 saturated heterocycles. The summed E-state index contributed by atoms with van der Waals surface area (Å²) in [4.78, 5) is 13.9. The third-order valence-corrected chi connectivity index (χ3v) is 5.63. The Bertz CT molecular complexity index is 370. The number of carbonyl (C=O) groups excluding carboxylic acids is 1. The maximum atomic E-state index is 12.3. The Morgan fingerprint density at radius 2 is 2.06 bits per heavy atom. The first-order valence-corrected chi connectivity index (χ1v) is 8.84. The van der Waals surface area contributed by atoms with Crippen LogP contribution in [0.5, 0.6) is 0 Å². The normalized spacial score (nSPS) is 22.7. The second-order valence-electron chi connectivity index (χ2n) is 4.72. The highest BCUT2D eigenvalue weighted by Crippen LogP contribution is 2.21. The van der Waals surface area contributed by atoms with E-state index >= 15 is 0 Å². The summed E-state index contributed by atoms with van der Waals surface area (Å²) >= 11 is 5.69. The molecule has 106 valence electrons. The number of unbranched alkanes of at least 4 members (excludes halogenated alkanes) is 1. The molecule has 0 saturated carbocycles. The van der Waals surface area contributed by atoms with Crippen LogP contribution in [-0.4, -0.2) is 49.2 Å². The molecule has 0 spiro atoms. The van der Waals surface area contributed by atoms with Gasteiger partial charge in [0.15, 0.2) is 9.84 Å². The lowest BCUT2D eigenvalue weighted by Gasteiger charge is -2.28. The van der Waals surface area contributed by atoms with Crippen LogP contribution >= 0.6 is 11.6 Å². The molecule has 1 rings (SSSR count). The summed E-state index contributed by atoms with van der Waals surface area (Å²) in [5.41, 5.74) is 0. The summed E-state index contributed by atoms with van der Waals surface area (Å²) in [6, 6.07) is 0. The smallest absolute Gasteiger partial charge is 0.240 e. The zero-order valence-electron chi connectivity index (χ0n) is 10.9. The molecule has 1 heterocycles. The second kappa shape index (κ2) is 7.34. The van der Waals surface area contributed by atoms with E-state index in [4.69, 9.17) is 11.6 Å². The minimum absolute atomic E-state index is 0.145. The van der Waals surface area contributed by atoms with Crippen LogP contribution in [0.25, 0.3) is 0 Å². The highest BCUT2D eigenvalue weighted by Gasteiger charge is 2.36. The molecule has 1 unspecified atom stereocenters. The number of halogens is 1. The van der Waals surface area contributed by atoms with Gasteiger partial charge in [-0.15, -0.1) is 11.6 Å². The minimum atomic E-state index is -3.25. The highest BCUT2D eigenvalue weighted by atomic mass is 35.5. The van der Waals surface area contributed by atoms with E-state index in [0.717, 1.165) is 19.3 Å². The number of amides is 1. The zero-order chi connectivity index (χ0) is 13.6. The van der Waals surface area contributed by atoms with E-state index in [9.17, 15) is 13.2 Å². The monoisotopic (exact) mass is 295 g/mol. The maximum absolute atomic E-state index is 12.3. The molecule has 0 N–H and O–H groups in total. The average Bonchev–Trinajstić information content (AvgIpc) is 2.33. The molecule has 4 nitrogen and oxygen atoms in total. The summed E-state index contributed by atoms with van der Waals surface area (Å²) in [5.74, 6) is 0.248. The zero-order valence-corrected chi connectivity index (χ0v) is 12.5. The Labute approximate surface area is 115 Å². The molecule has 1 amide bonds. The van der Waals surface area contributed by atoms with Gasteiger partial charge >= 0.3 is 0 Å². The van der Waals surface area contributed by atoms with E-state index in [-0.39, 0.29) is 11.7 Å². The second-order valence-corrected chi connectivity index (χ2v) is 7.40. The van der Waals surface area contributed by atoms with Gasteiger partial charge < -0.3 is 4.90 Å². The number of sulfone groups is 1. The fourth-order valence-electron chi connectivity index (χ4n) is 2.22. The molecule has 18 heavy (non-hydrogen) atoms. The van der Waals surface area contributed by atoms with Gasteiger partial charge in [-0.1, -0.05) is 19.8 Å². The van der Waals surface area contributed by atoms with E-state index in [1.807, 2.05) is 6.92 Å². The topological polar surface area (TPSA) is 54.5 Å². The quantitative estimate of drug-likeness (QED) is 0.702. The Morgan fingerprint density at radius 1 is 1.33 bits per heavy atom. The summed E-state index contributed by atoms with van der Waals surface area (Å²) in [6.45, 7) is 3.08. The molecule has 1 aliphatic heterocycles. The molecular formula is C12H22ClNO3S. The number of nitrogens with zero attached hydrogens (tertiary/aromatic N) is 1. The first-order chi connectivity index (χ1) is 8.53. The van der Waals surface area contributed by atoms with E-state index in [1.54, 1.807) is 4.90 Å². The third-order valence-electron chi connectivity index (χ3n) is 3.30. The Kier molecular flexibility index (Phi) is 6.43. The van der Waals surface area contributed by atoms with Gasteiger partial charge in [0.05, 0.1) is 5.75 Å². The highest BCUT2D eigenvalue weighted by molar-refractivity contribution is 7.92. The van der Waals surface area contributed by atoms with E-state index < -0.39 is 15.1 Å². The lowest BCUT2D eigenvalue weighted by Crippen LogP contribution is -2.46. The van der Waals surface area contributed by atoms with Crippen LogP contribution in [0.3, 0.4) is 0 Å². The van der Waals surface area contributed by atoms with Crippen molar-refractivity contribution in [3.8, 4) is 0 Å². The Morgan fingerprint density at radius 3 is 2.61 bits per heavy atom. The molecule has 1 atom stereocenters. The van der Waals surface area contributed by atoms with Gasteiger partial charge in [0, 0.05) is 19.0 Å². The van der Waals surface area contributed by atoms with Crippen LogP contribution in [0.2, 0.25) is 0 Å². The van der Waals surface area contributed by atoms with Gasteiger partial charge in [-0.3, -0.25) is 4.79 Å². The van der Waals surface area contributed by atoms with Gasteiger partial charge in [-0.25, -0.2) is 8.42 Å². The van der Waals surface area contributed by atoms with Crippen molar-refractivity contribution in [2.24, 2.45) is 0 Å². The molecule has 0 aliphatic carbocycles. The average molecular weight is 296 g/mol. The van der Waals surface area contributed by atoms with Crippen LogP contribution in [0.1, 0.15) is 39.0 Å². The van der Waals surface area contributed by atoms with Crippen molar-refractivity contribution in [3.63, 3.8) is 0 Å². The number of hydrogen-bond donors (Lipinski definition) is 0. The first kappa shape index (κ1) is 15.8. The number of hydrogen-bond acceptors (Lipinski definition) is 3. The van der Waals surface area contributed by atoms with Crippen LogP contribution in [0.4, 0.5) is 0 Å². The Balaban J connectivity index is 2.74. The van der Waals surface area contributed by atoms with Crippen molar-refractivity contribution >= 4 is 27.3 Å². The Hall–Kier alpha value is -0.290. The maximum Gasteiger partial charge on any atom is 0.240 e. The van der Waals surface area contributed by atoms with Crippen LogP contribution < -0.4 is 0 Å². The van der Waals surface area contributed by atoms with Gasteiger partial charge in [-0.2, -0.15) is 0 Å². The van der Waals surface area contributed by atoms with E-state index in [2.05, 4.69) is 0 Å². The number of alkyl halides is 1. The van der Waals surface area contributed by atoms with Gasteiger partial charge in [0.1, 0.15) is 5.25 Å². The molecule has 1 aliphatic rings. The largest absolute Gasteiger partial charge is 0.340 e. The van der Waals surface area contributed by atoms with Crippen molar-refractivity contribution in [1.82, 2.24) is 4.90 Å². The SMILES string of the molecule is CCCCN(CCCl)C(=O)C1CCCCS1(=O)=O. The lowest BCUT2D eigenvalue weighted by molar-refractivity contribution is -0.130. The van der Waals surface area contributed by atoms with E-state index in [0.29, 0.717) is 31.8 Å². The lowest BCUT2D eigenvalue weighted by atomic mass is 10.1. The van der Waals surface area contributed by atoms with Crippen molar-refractivity contribution in [1.29, 1.82) is 0 Å². The molecule has 0 aromatic rings. The van der Waals surface area contributed by atoms with Crippen molar-refractivity contribution in [2.75, 3.05) is 24.7 Å².